The van der Waals surface area contributed by atoms with Crippen molar-refractivity contribution < 1.29 is 9.47 Å². The highest BCUT2D eigenvalue weighted by Crippen LogP contribution is 2.32. The van der Waals surface area contributed by atoms with Crippen LogP contribution in [0.1, 0.15) is 117 Å². The highest BCUT2D eigenvalue weighted by molar-refractivity contribution is 4.83. The average Bonchev–Trinajstić information content (AvgIpc) is 3.02. The summed E-state index contributed by atoms with van der Waals surface area (Å²) in [6, 6.07) is 0. The molecule has 0 radical (unpaired) electrons. The smallest absolute Gasteiger partial charge is 0.249 e. The number of unbranched alkanes of at least 4 members (excludes halogenated alkanes) is 12. The van der Waals surface area contributed by atoms with Gasteiger partial charge in [0, 0.05) is 12.8 Å². The molecule has 0 saturated heterocycles. The van der Waals surface area contributed by atoms with Crippen LogP contribution >= 0.6 is 0 Å². The molecule has 0 saturated carbocycles. The maximum absolute atomic E-state index is 5.83. The predicted molar refractivity (Wildman–Crippen MR) is 99.3 cm³/mol. The highest BCUT2D eigenvalue weighted by Gasteiger charge is 2.34. The Morgan fingerprint density at radius 2 is 0.870 bits per heavy atom. The molecule has 1 aliphatic heterocycles. The Balaban J connectivity index is 2.04. The molecule has 1 rings (SSSR count). The van der Waals surface area contributed by atoms with E-state index in [4.69, 9.17) is 9.47 Å². The summed E-state index contributed by atoms with van der Waals surface area (Å²) < 4.78 is 11.7. The molecule has 2 nitrogen and oxygen atoms in total. The van der Waals surface area contributed by atoms with Crippen LogP contribution in [0.25, 0.3) is 0 Å². The Bertz CT molecular complexity index is 278. The maximum Gasteiger partial charge on any atom is 0.249 e. The van der Waals surface area contributed by atoms with E-state index in [1.54, 1.807) is 12.5 Å². The van der Waals surface area contributed by atoms with Crippen molar-refractivity contribution in [2.24, 2.45) is 0 Å². The molecule has 1 heterocycles. The lowest BCUT2D eigenvalue weighted by Crippen LogP contribution is -2.29. The van der Waals surface area contributed by atoms with Gasteiger partial charge in [-0.05, 0) is 12.8 Å². The van der Waals surface area contributed by atoms with Crippen LogP contribution in [-0.2, 0) is 9.47 Å². The molecule has 0 atom stereocenters. The van der Waals surface area contributed by atoms with Crippen molar-refractivity contribution in [1.82, 2.24) is 0 Å². The molecule has 0 fully saturated rings. The van der Waals surface area contributed by atoms with Crippen molar-refractivity contribution in [3.05, 3.63) is 12.5 Å². The van der Waals surface area contributed by atoms with Crippen LogP contribution in [0.3, 0.4) is 0 Å². The first kappa shape index (κ1) is 20.4. The summed E-state index contributed by atoms with van der Waals surface area (Å²) in [5.41, 5.74) is 0. The van der Waals surface area contributed by atoms with Gasteiger partial charge < -0.3 is 9.47 Å². The molecule has 0 aromatic carbocycles. The number of hydrogen-bond acceptors (Lipinski definition) is 2. The summed E-state index contributed by atoms with van der Waals surface area (Å²) in [5.74, 6) is -0.326. The van der Waals surface area contributed by atoms with Gasteiger partial charge in [0.2, 0.25) is 5.79 Å². The Labute approximate surface area is 145 Å². The number of hydrogen-bond donors (Lipinski definition) is 0. The van der Waals surface area contributed by atoms with Crippen molar-refractivity contribution in [3.8, 4) is 0 Å². The monoisotopic (exact) mass is 324 g/mol. The Morgan fingerprint density at radius 3 is 1.26 bits per heavy atom. The molecule has 0 amide bonds. The van der Waals surface area contributed by atoms with Crippen molar-refractivity contribution in [3.63, 3.8) is 0 Å². The zero-order chi connectivity index (χ0) is 16.6. The van der Waals surface area contributed by atoms with E-state index < -0.39 is 0 Å². The minimum Gasteiger partial charge on any atom is -0.457 e. The van der Waals surface area contributed by atoms with Crippen molar-refractivity contribution in [2.45, 2.75) is 122 Å². The van der Waals surface area contributed by atoms with Crippen LogP contribution in [0.4, 0.5) is 0 Å². The van der Waals surface area contributed by atoms with Crippen LogP contribution < -0.4 is 0 Å². The molecule has 0 aromatic heterocycles. The molecule has 0 aromatic rings. The fourth-order valence-corrected chi connectivity index (χ4v) is 3.39. The normalized spacial score (nSPS) is 15.6. The van der Waals surface area contributed by atoms with Gasteiger partial charge in [0.1, 0.15) is 12.5 Å². The lowest BCUT2D eigenvalue weighted by molar-refractivity contribution is -0.153. The van der Waals surface area contributed by atoms with Gasteiger partial charge in [-0.1, -0.05) is 90.9 Å². The minimum atomic E-state index is -0.326. The lowest BCUT2D eigenvalue weighted by Gasteiger charge is -2.28. The number of rotatable bonds is 16. The van der Waals surface area contributed by atoms with Gasteiger partial charge in [0.25, 0.3) is 0 Å². The zero-order valence-corrected chi connectivity index (χ0v) is 15.8. The van der Waals surface area contributed by atoms with Crippen LogP contribution in [-0.4, -0.2) is 5.79 Å². The molecule has 136 valence electrons. The SMILES string of the molecule is CCCCCCCCCCC1(CCCCCCCC)OC=CO1. The standard InChI is InChI=1S/C21H40O2/c1-3-5-7-9-11-12-14-16-18-21(22-19-20-23-21)17-15-13-10-8-6-4-2/h19-20H,3-18H2,1-2H3. The van der Waals surface area contributed by atoms with Crippen LogP contribution in [0, 0.1) is 0 Å². The quantitative estimate of drug-likeness (QED) is 0.274. The van der Waals surface area contributed by atoms with Gasteiger partial charge in [0.05, 0.1) is 0 Å². The number of ether oxygens (including phenoxy) is 2. The van der Waals surface area contributed by atoms with E-state index in [9.17, 15) is 0 Å². The van der Waals surface area contributed by atoms with E-state index in [2.05, 4.69) is 13.8 Å². The van der Waals surface area contributed by atoms with Crippen LogP contribution in [0.5, 0.6) is 0 Å². The second kappa shape index (κ2) is 13.7. The first-order chi connectivity index (χ1) is 11.3. The van der Waals surface area contributed by atoms with E-state index in [1.807, 2.05) is 0 Å². The summed E-state index contributed by atoms with van der Waals surface area (Å²) in [6.07, 6.45) is 24.4. The van der Waals surface area contributed by atoms with E-state index in [0.29, 0.717) is 0 Å². The third kappa shape index (κ3) is 9.94. The molecule has 1 aliphatic rings. The second-order valence-electron chi connectivity index (χ2n) is 7.16. The fourth-order valence-electron chi connectivity index (χ4n) is 3.39. The van der Waals surface area contributed by atoms with E-state index in [1.165, 1.54) is 89.9 Å². The average molecular weight is 325 g/mol. The minimum absolute atomic E-state index is 0.326. The Morgan fingerprint density at radius 1 is 0.522 bits per heavy atom. The van der Waals surface area contributed by atoms with Gasteiger partial charge >= 0.3 is 0 Å². The van der Waals surface area contributed by atoms with Crippen LogP contribution in [0.15, 0.2) is 12.5 Å². The summed E-state index contributed by atoms with van der Waals surface area (Å²) in [5, 5.41) is 0. The molecular weight excluding hydrogens is 284 g/mol. The molecule has 0 spiro atoms. The molecule has 0 unspecified atom stereocenters. The lowest BCUT2D eigenvalue weighted by atomic mass is 9.99. The van der Waals surface area contributed by atoms with Crippen molar-refractivity contribution in [2.75, 3.05) is 0 Å². The van der Waals surface area contributed by atoms with E-state index in [-0.39, 0.29) is 5.79 Å². The molecule has 0 bridgehead atoms. The third-order valence-electron chi connectivity index (χ3n) is 4.94. The van der Waals surface area contributed by atoms with Gasteiger partial charge in [-0.25, -0.2) is 0 Å². The van der Waals surface area contributed by atoms with Gasteiger partial charge in [-0.3, -0.25) is 0 Å². The molecule has 23 heavy (non-hydrogen) atoms. The molecule has 0 N–H and O–H groups in total. The molecule has 0 aliphatic carbocycles. The Hall–Kier alpha value is -0.660. The maximum atomic E-state index is 5.83. The first-order valence-corrected chi connectivity index (χ1v) is 10.3. The predicted octanol–water partition coefficient (Wildman–Crippen LogP) is 7.48. The van der Waals surface area contributed by atoms with Gasteiger partial charge in [-0.2, -0.15) is 0 Å². The van der Waals surface area contributed by atoms with E-state index in [0.717, 1.165) is 12.8 Å². The summed E-state index contributed by atoms with van der Waals surface area (Å²) in [4.78, 5) is 0. The van der Waals surface area contributed by atoms with Gasteiger partial charge in [-0.15, -0.1) is 0 Å². The highest BCUT2D eigenvalue weighted by atomic mass is 16.7. The van der Waals surface area contributed by atoms with Crippen molar-refractivity contribution in [1.29, 1.82) is 0 Å². The summed E-state index contributed by atoms with van der Waals surface area (Å²) in [6.45, 7) is 4.55. The third-order valence-corrected chi connectivity index (χ3v) is 4.94. The zero-order valence-electron chi connectivity index (χ0n) is 15.8. The molecule has 2 heteroatoms. The fraction of sp³-hybridized carbons (Fsp3) is 0.905. The second-order valence-corrected chi connectivity index (χ2v) is 7.16. The summed E-state index contributed by atoms with van der Waals surface area (Å²) in [7, 11) is 0. The van der Waals surface area contributed by atoms with Crippen LogP contribution in [0.2, 0.25) is 0 Å². The van der Waals surface area contributed by atoms with Gasteiger partial charge in [0.15, 0.2) is 0 Å². The topological polar surface area (TPSA) is 18.5 Å². The first-order valence-electron chi connectivity index (χ1n) is 10.3. The largest absolute Gasteiger partial charge is 0.457 e. The molecular formula is C21H40O2. The van der Waals surface area contributed by atoms with E-state index >= 15 is 0 Å². The summed E-state index contributed by atoms with van der Waals surface area (Å²) >= 11 is 0. The Kier molecular flexibility index (Phi) is 12.2. The van der Waals surface area contributed by atoms with Crippen molar-refractivity contribution >= 4 is 0 Å².